The monoisotopic (exact) mass is 410 g/mol. The molecule has 0 saturated heterocycles. The summed E-state index contributed by atoms with van der Waals surface area (Å²) in [5.74, 6) is 0.414. The van der Waals surface area contributed by atoms with E-state index in [1.807, 2.05) is 54.6 Å². The zero-order valence-electron chi connectivity index (χ0n) is 17.1. The topological polar surface area (TPSA) is 79.4 Å². The number of hydrogen-bond acceptors (Lipinski definition) is 4. The van der Waals surface area contributed by atoms with Crippen LogP contribution in [0.1, 0.15) is 27.2 Å². The molecule has 1 heterocycles. The van der Waals surface area contributed by atoms with E-state index in [0.717, 1.165) is 22.4 Å². The van der Waals surface area contributed by atoms with Gasteiger partial charge in [-0.15, -0.1) is 0 Å². The number of hydrazone groups is 1. The van der Waals surface area contributed by atoms with E-state index in [2.05, 4.69) is 51.9 Å². The van der Waals surface area contributed by atoms with Crippen molar-refractivity contribution in [2.75, 3.05) is 0 Å². The van der Waals surface area contributed by atoms with E-state index in [0.29, 0.717) is 18.0 Å². The number of amides is 1. The molecule has 0 aliphatic carbocycles. The molecule has 0 aliphatic rings. The van der Waals surface area contributed by atoms with Crippen molar-refractivity contribution in [3.63, 3.8) is 0 Å². The highest BCUT2D eigenvalue weighted by atomic mass is 16.5. The first-order chi connectivity index (χ1) is 15.2. The first-order valence-electron chi connectivity index (χ1n) is 9.90. The van der Waals surface area contributed by atoms with Gasteiger partial charge in [-0.25, -0.2) is 5.43 Å². The molecule has 0 fully saturated rings. The van der Waals surface area contributed by atoms with Crippen molar-refractivity contribution in [1.82, 2.24) is 15.6 Å². The molecule has 1 amide bonds. The number of carbonyl (C=O) groups excluding carboxylic acids is 1. The molecule has 6 nitrogen and oxygen atoms in total. The minimum Gasteiger partial charge on any atom is -0.489 e. The summed E-state index contributed by atoms with van der Waals surface area (Å²) in [7, 11) is 0. The van der Waals surface area contributed by atoms with Gasteiger partial charge in [-0.1, -0.05) is 60.2 Å². The van der Waals surface area contributed by atoms with Crippen LogP contribution in [-0.4, -0.2) is 22.3 Å². The maximum absolute atomic E-state index is 12.3. The molecule has 154 valence electrons. The predicted octanol–water partition coefficient (Wildman–Crippen LogP) is 4.73. The lowest BCUT2D eigenvalue weighted by atomic mass is 10.1. The van der Waals surface area contributed by atoms with E-state index < -0.39 is 0 Å². The molecular formula is C25H22N4O2. The lowest BCUT2D eigenvalue weighted by Crippen LogP contribution is -2.17. The van der Waals surface area contributed by atoms with E-state index in [4.69, 9.17) is 4.74 Å². The molecule has 0 atom stereocenters. The Hall–Kier alpha value is -4.19. The van der Waals surface area contributed by atoms with Crippen molar-refractivity contribution in [2.24, 2.45) is 5.10 Å². The first kappa shape index (κ1) is 20.1. The second-order valence-corrected chi connectivity index (χ2v) is 7.08. The predicted molar refractivity (Wildman–Crippen MR) is 121 cm³/mol. The van der Waals surface area contributed by atoms with Gasteiger partial charge in [0.25, 0.3) is 5.91 Å². The fourth-order valence-electron chi connectivity index (χ4n) is 2.92. The van der Waals surface area contributed by atoms with Gasteiger partial charge in [-0.2, -0.15) is 10.2 Å². The van der Waals surface area contributed by atoms with Gasteiger partial charge < -0.3 is 4.74 Å². The number of carbonyl (C=O) groups is 1. The van der Waals surface area contributed by atoms with Crippen molar-refractivity contribution < 1.29 is 9.53 Å². The Bertz CT molecular complexity index is 1160. The van der Waals surface area contributed by atoms with Crippen molar-refractivity contribution in [2.45, 2.75) is 13.5 Å². The number of hydrogen-bond donors (Lipinski definition) is 2. The highest BCUT2D eigenvalue weighted by molar-refractivity contribution is 5.94. The number of H-pyrrole nitrogens is 1. The Morgan fingerprint density at radius 1 is 1.03 bits per heavy atom. The zero-order valence-corrected chi connectivity index (χ0v) is 17.1. The number of benzene rings is 3. The van der Waals surface area contributed by atoms with E-state index in [1.54, 1.807) is 12.3 Å². The number of aromatic amines is 1. The molecule has 0 radical (unpaired) electrons. The van der Waals surface area contributed by atoms with E-state index in [9.17, 15) is 4.79 Å². The second-order valence-electron chi connectivity index (χ2n) is 7.08. The summed E-state index contributed by atoms with van der Waals surface area (Å²) in [5, 5.41) is 11.0. The summed E-state index contributed by atoms with van der Waals surface area (Å²) in [6.45, 7) is 2.57. The Labute approximate surface area is 180 Å². The third-order valence-corrected chi connectivity index (χ3v) is 4.68. The number of aromatic nitrogens is 2. The van der Waals surface area contributed by atoms with Crippen molar-refractivity contribution in [3.8, 4) is 17.0 Å². The van der Waals surface area contributed by atoms with E-state index in [-0.39, 0.29) is 5.91 Å². The molecule has 1 aromatic heterocycles. The Morgan fingerprint density at radius 2 is 1.77 bits per heavy atom. The molecule has 0 saturated carbocycles. The molecule has 6 heteroatoms. The summed E-state index contributed by atoms with van der Waals surface area (Å²) in [4.78, 5) is 12.3. The highest BCUT2D eigenvalue weighted by Gasteiger charge is 2.10. The summed E-state index contributed by atoms with van der Waals surface area (Å²) >= 11 is 0. The lowest BCUT2D eigenvalue weighted by Gasteiger charge is -2.07. The average molecular weight is 410 g/mol. The smallest absolute Gasteiger partial charge is 0.289 e. The van der Waals surface area contributed by atoms with Gasteiger partial charge in [-0.3, -0.25) is 9.89 Å². The van der Waals surface area contributed by atoms with Crippen LogP contribution in [-0.2, 0) is 6.61 Å². The lowest BCUT2D eigenvalue weighted by molar-refractivity contribution is 0.0950. The van der Waals surface area contributed by atoms with Crippen LogP contribution in [0.5, 0.6) is 5.75 Å². The van der Waals surface area contributed by atoms with Gasteiger partial charge in [0, 0.05) is 5.56 Å². The van der Waals surface area contributed by atoms with Crippen molar-refractivity contribution in [3.05, 3.63) is 107 Å². The summed E-state index contributed by atoms with van der Waals surface area (Å²) in [5.41, 5.74) is 7.62. The van der Waals surface area contributed by atoms with Gasteiger partial charge in [-0.05, 0) is 48.4 Å². The average Bonchev–Trinajstić information content (AvgIpc) is 3.30. The Balaban J connectivity index is 1.34. The van der Waals surface area contributed by atoms with Crippen molar-refractivity contribution >= 4 is 12.1 Å². The highest BCUT2D eigenvalue weighted by Crippen LogP contribution is 2.22. The quantitative estimate of drug-likeness (QED) is 0.342. The number of ether oxygens (including phenoxy) is 1. The van der Waals surface area contributed by atoms with E-state index >= 15 is 0 Å². The third kappa shape index (κ3) is 5.45. The van der Waals surface area contributed by atoms with Crippen LogP contribution in [0, 0.1) is 6.92 Å². The summed E-state index contributed by atoms with van der Waals surface area (Å²) < 4.78 is 5.84. The Morgan fingerprint density at radius 3 is 2.52 bits per heavy atom. The molecule has 31 heavy (non-hydrogen) atoms. The molecule has 4 rings (SSSR count). The number of nitrogens with zero attached hydrogens (tertiary/aromatic N) is 2. The third-order valence-electron chi connectivity index (χ3n) is 4.68. The SMILES string of the molecule is Cc1ccc(COc2ccc(-c3cc(C(=O)NN=Cc4ccccc4)[nH]n3)cc2)cc1. The zero-order chi connectivity index (χ0) is 21.5. The van der Waals surface area contributed by atoms with Crippen LogP contribution in [0.4, 0.5) is 0 Å². The normalized spacial score (nSPS) is 10.9. The molecule has 2 N–H and O–H groups in total. The largest absolute Gasteiger partial charge is 0.489 e. The number of aryl methyl sites for hydroxylation is 1. The minimum absolute atomic E-state index is 0.333. The number of rotatable bonds is 7. The standard InChI is InChI=1S/C25H22N4O2/c1-18-7-9-20(10-8-18)17-31-22-13-11-21(12-14-22)23-15-24(28-27-23)25(30)29-26-16-19-5-3-2-4-6-19/h2-16H,17H2,1H3,(H,27,28)(H,29,30). The van der Waals surface area contributed by atoms with E-state index in [1.165, 1.54) is 5.56 Å². The van der Waals surface area contributed by atoms with Gasteiger partial charge in [0.05, 0.1) is 11.9 Å². The number of nitrogens with one attached hydrogen (secondary N) is 2. The molecular weight excluding hydrogens is 388 g/mol. The molecule has 0 unspecified atom stereocenters. The van der Waals surface area contributed by atoms with Gasteiger partial charge in [0.2, 0.25) is 0 Å². The van der Waals surface area contributed by atoms with Crippen LogP contribution in [0.25, 0.3) is 11.3 Å². The van der Waals surface area contributed by atoms with Crippen LogP contribution in [0.2, 0.25) is 0 Å². The molecule has 4 aromatic rings. The van der Waals surface area contributed by atoms with Gasteiger partial charge >= 0.3 is 0 Å². The summed E-state index contributed by atoms with van der Waals surface area (Å²) in [6, 6.07) is 27.1. The molecule has 0 bridgehead atoms. The van der Waals surface area contributed by atoms with Crippen LogP contribution in [0.15, 0.2) is 90.0 Å². The van der Waals surface area contributed by atoms with Crippen LogP contribution < -0.4 is 10.2 Å². The van der Waals surface area contributed by atoms with Gasteiger partial charge in [0.1, 0.15) is 18.1 Å². The fourth-order valence-corrected chi connectivity index (χ4v) is 2.92. The maximum atomic E-state index is 12.3. The Kier molecular flexibility index (Phi) is 6.18. The first-order valence-corrected chi connectivity index (χ1v) is 9.90. The molecule has 3 aromatic carbocycles. The van der Waals surface area contributed by atoms with Crippen LogP contribution >= 0.6 is 0 Å². The minimum atomic E-state index is -0.357. The maximum Gasteiger partial charge on any atom is 0.289 e. The second kappa shape index (κ2) is 9.54. The van der Waals surface area contributed by atoms with Crippen LogP contribution in [0.3, 0.4) is 0 Å². The molecule has 0 aliphatic heterocycles. The van der Waals surface area contributed by atoms with Gasteiger partial charge in [0.15, 0.2) is 0 Å². The molecule has 0 spiro atoms. The fraction of sp³-hybridized carbons (Fsp3) is 0.0800. The summed E-state index contributed by atoms with van der Waals surface area (Å²) in [6.07, 6.45) is 1.59. The van der Waals surface area contributed by atoms with Crippen molar-refractivity contribution in [1.29, 1.82) is 0 Å².